The SMILES string of the molecule is CCC(=O)N(O)c1cccc(CC)c1COc1ccc(C)cc1C. The molecular weight excluding hydrogens is 302 g/mol. The van der Waals surface area contributed by atoms with Crippen LogP contribution in [0.4, 0.5) is 5.69 Å². The molecule has 0 saturated carbocycles. The molecule has 4 nitrogen and oxygen atoms in total. The number of hydrogen-bond acceptors (Lipinski definition) is 3. The number of nitrogens with zero attached hydrogens (tertiary/aromatic N) is 1. The third-order valence-electron chi connectivity index (χ3n) is 4.10. The Balaban J connectivity index is 2.32. The first-order valence-electron chi connectivity index (χ1n) is 8.30. The average molecular weight is 327 g/mol. The van der Waals surface area contributed by atoms with Crippen LogP contribution in [0.25, 0.3) is 0 Å². The molecule has 2 aromatic carbocycles. The van der Waals surface area contributed by atoms with Gasteiger partial charge in [-0.3, -0.25) is 10.0 Å². The maximum Gasteiger partial charge on any atom is 0.250 e. The van der Waals surface area contributed by atoms with Gasteiger partial charge in [0.1, 0.15) is 12.4 Å². The molecule has 0 fully saturated rings. The average Bonchev–Trinajstić information content (AvgIpc) is 2.59. The van der Waals surface area contributed by atoms with Gasteiger partial charge in [-0.15, -0.1) is 0 Å². The van der Waals surface area contributed by atoms with Gasteiger partial charge in [-0.25, -0.2) is 0 Å². The van der Waals surface area contributed by atoms with Gasteiger partial charge in [0.2, 0.25) is 5.91 Å². The molecule has 24 heavy (non-hydrogen) atoms. The highest BCUT2D eigenvalue weighted by Gasteiger charge is 2.18. The van der Waals surface area contributed by atoms with Crippen LogP contribution in [0.15, 0.2) is 36.4 Å². The van der Waals surface area contributed by atoms with Crippen LogP contribution in [-0.2, 0) is 17.8 Å². The maximum absolute atomic E-state index is 11.9. The van der Waals surface area contributed by atoms with Crippen LogP contribution in [0.2, 0.25) is 0 Å². The van der Waals surface area contributed by atoms with E-state index in [1.165, 1.54) is 5.56 Å². The van der Waals surface area contributed by atoms with Gasteiger partial charge in [0.05, 0.1) is 5.69 Å². The standard InChI is InChI=1S/C20H25NO3/c1-5-16-8-7-9-18(21(23)20(22)6-2)17(16)13-24-19-11-10-14(3)12-15(19)4/h7-12,23H,5-6,13H2,1-4H3. The summed E-state index contributed by atoms with van der Waals surface area (Å²) in [7, 11) is 0. The van der Waals surface area contributed by atoms with E-state index in [-0.39, 0.29) is 12.3 Å². The van der Waals surface area contributed by atoms with Gasteiger partial charge >= 0.3 is 0 Å². The zero-order chi connectivity index (χ0) is 17.7. The molecule has 0 atom stereocenters. The molecule has 0 bridgehead atoms. The number of benzene rings is 2. The Morgan fingerprint density at radius 1 is 1.17 bits per heavy atom. The summed E-state index contributed by atoms with van der Waals surface area (Å²) in [6.07, 6.45) is 1.04. The fraction of sp³-hybridized carbons (Fsp3) is 0.350. The van der Waals surface area contributed by atoms with E-state index in [1.807, 2.05) is 45.0 Å². The lowest BCUT2D eigenvalue weighted by Gasteiger charge is -2.21. The zero-order valence-corrected chi connectivity index (χ0v) is 14.8. The molecular formula is C20H25NO3. The van der Waals surface area contributed by atoms with Gasteiger partial charge in [-0.1, -0.05) is 43.7 Å². The van der Waals surface area contributed by atoms with E-state index < -0.39 is 0 Å². The van der Waals surface area contributed by atoms with Crippen LogP contribution >= 0.6 is 0 Å². The molecule has 128 valence electrons. The Labute approximate surface area is 143 Å². The smallest absolute Gasteiger partial charge is 0.250 e. The molecule has 0 heterocycles. The molecule has 2 rings (SSSR count). The predicted octanol–water partition coefficient (Wildman–Crippen LogP) is 4.58. The van der Waals surface area contributed by atoms with E-state index in [0.29, 0.717) is 12.3 Å². The lowest BCUT2D eigenvalue weighted by molar-refractivity contribution is -0.123. The van der Waals surface area contributed by atoms with Crippen molar-refractivity contribution in [3.8, 4) is 5.75 Å². The lowest BCUT2D eigenvalue weighted by Crippen LogP contribution is -2.27. The number of hydrogen-bond donors (Lipinski definition) is 1. The van der Waals surface area contributed by atoms with Crippen molar-refractivity contribution in [3.63, 3.8) is 0 Å². The highest BCUT2D eigenvalue weighted by molar-refractivity contribution is 5.91. The first-order valence-corrected chi connectivity index (χ1v) is 8.30. The minimum Gasteiger partial charge on any atom is -0.489 e. The molecule has 4 heteroatoms. The lowest BCUT2D eigenvalue weighted by atomic mass is 10.0. The fourth-order valence-corrected chi connectivity index (χ4v) is 2.71. The minimum absolute atomic E-state index is 0.240. The number of carbonyl (C=O) groups excluding carboxylic acids is 1. The molecule has 0 aliphatic carbocycles. The third kappa shape index (κ3) is 3.95. The second-order valence-corrected chi connectivity index (χ2v) is 5.89. The summed E-state index contributed by atoms with van der Waals surface area (Å²) in [4.78, 5) is 11.9. The van der Waals surface area contributed by atoms with Gasteiger partial charge in [-0.2, -0.15) is 5.06 Å². The van der Waals surface area contributed by atoms with E-state index in [9.17, 15) is 10.0 Å². The largest absolute Gasteiger partial charge is 0.489 e. The molecule has 1 N–H and O–H groups in total. The summed E-state index contributed by atoms with van der Waals surface area (Å²) < 4.78 is 5.98. The summed E-state index contributed by atoms with van der Waals surface area (Å²) in [5.74, 6) is 0.472. The Hall–Kier alpha value is -2.33. The molecule has 2 aromatic rings. The number of anilines is 1. The maximum atomic E-state index is 11.9. The van der Waals surface area contributed by atoms with Crippen LogP contribution in [0.5, 0.6) is 5.75 Å². The van der Waals surface area contributed by atoms with Crippen molar-refractivity contribution >= 4 is 11.6 Å². The van der Waals surface area contributed by atoms with Gasteiger partial charge < -0.3 is 4.74 Å². The highest BCUT2D eigenvalue weighted by atomic mass is 16.5. The minimum atomic E-state index is -0.337. The van der Waals surface area contributed by atoms with Crippen molar-refractivity contribution in [2.75, 3.05) is 5.06 Å². The van der Waals surface area contributed by atoms with Crippen molar-refractivity contribution < 1.29 is 14.7 Å². The quantitative estimate of drug-likeness (QED) is 0.624. The number of rotatable bonds is 6. The normalized spacial score (nSPS) is 10.5. The van der Waals surface area contributed by atoms with Crippen LogP contribution in [0.3, 0.4) is 0 Å². The highest BCUT2D eigenvalue weighted by Crippen LogP contribution is 2.27. The Kier molecular flexibility index (Phi) is 5.99. The van der Waals surface area contributed by atoms with Gasteiger partial charge in [0.15, 0.2) is 0 Å². The second-order valence-electron chi connectivity index (χ2n) is 5.89. The Morgan fingerprint density at radius 3 is 2.54 bits per heavy atom. The summed E-state index contributed by atoms with van der Waals surface area (Å²) >= 11 is 0. The second kappa shape index (κ2) is 7.97. The Bertz CT molecular complexity index is 725. The molecule has 0 aromatic heterocycles. The van der Waals surface area contributed by atoms with Crippen LogP contribution in [-0.4, -0.2) is 11.1 Å². The van der Waals surface area contributed by atoms with Gasteiger partial charge in [0.25, 0.3) is 0 Å². The molecule has 0 radical (unpaired) electrons. The number of aryl methyl sites for hydroxylation is 3. The molecule has 1 amide bonds. The van der Waals surface area contributed by atoms with E-state index in [2.05, 4.69) is 6.07 Å². The van der Waals surface area contributed by atoms with Gasteiger partial charge in [-0.05, 0) is 43.5 Å². The molecule has 0 aliphatic rings. The van der Waals surface area contributed by atoms with E-state index in [4.69, 9.17) is 4.74 Å². The van der Waals surface area contributed by atoms with Crippen molar-refractivity contribution in [1.29, 1.82) is 0 Å². The van der Waals surface area contributed by atoms with Crippen molar-refractivity contribution in [2.24, 2.45) is 0 Å². The topological polar surface area (TPSA) is 49.8 Å². The van der Waals surface area contributed by atoms with E-state index >= 15 is 0 Å². The number of hydroxylamine groups is 1. The van der Waals surface area contributed by atoms with Crippen molar-refractivity contribution in [1.82, 2.24) is 0 Å². The summed E-state index contributed by atoms with van der Waals surface area (Å²) in [6, 6.07) is 11.6. The number of carbonyl (C=O) groups is 1. The zero-order valence-electron chi connectivity index (χ0n) is 14.8. The molecule has 0 aliphatic heterocycles. The van der Waals surface area contributed by atoms with E-state index in [0.717, 1.165) is 33.9 Å². The number of amides is 1. The molecule has 0 spiro atoms. The van der Waals surface area contributed by atoms with Crippen LogP contribution in [0, 0.1) is 13.8 Å². The summed E-state index contributed by atoms with van der Waals surface area (Å²) in [5.41, 5.74) is 4.64. The first kappa shape index (κ1) is 18.0. The van der Waals surface area contributed by atoms with Crippen molar-refractivity contribution in [3.05, 3.63) is 58.7 Å². The summed E-state index contributed by atoms with van der Waals surface area (Å²) in [6.45, 7) is 8.12. The first-order chi connectivity index (χ1) is 11.5. The molecule has 0 saturated heterocycles. The molecule has 0 unspecified atom stereocenters. The van der Waals surface area contributed by atoms with E-state index in [1.54, 1.807) is 13.0 Å². The van der Waals surface area contributed by atoms with Gasteiger partial charge in [0, 0.05) is 12.0 Å². The van der Waals surface area contributed by atoms with Crippen LogP contribution < -0.4 is 9.80 Å². The third-order valence-corrected chi connectivity index (χ3v) is 4.10. The van der Waals surface area contributed by atoms with Crippen LogP contribution in [0.1, 0.15) is 42.5 Å². The fourth-order valence-electron chi connectivity index (χ4n) is 2.71. The number of ether oxygens (including phenoxy) is 1. The summed E-state index contributed by atoms with van der Waals surface area (Å²) in [5, 5.41) is 10.9. The van der Waals surface area contributed by atoms with Crippen molar-refractivity contribution in [2.45, 2.75) is 47.1 Å². The monoisotopic (exact) mass is 327 g/mol. The predicted molar refractivity (Wildman–Crippen MR) is 95.6 cm³/mol. The Morgan fingerprint density at radius 2 is 1.92 bits per heavy atom.